The van der Waals surface area contributed by atoms with E-state index in [0.29, 0.717) is 12.0 Å². The van der Waals surface area contributed by atoms with Crippen LogP contribution in [0.4, 0.5) is 5.69 Å². The third-order valence-electron chi connectivity index (χ3n) is 3.15. The highest BCUT2D eigenvalue weighted by Gasteiger charge is 2.31. The Morgan fingerprint density at radius 3 is 2.75 bits per heavy atom. The fraction of sp³-hybridized carbons (Fsp3) is 0.500. The smallest absolute Gasteiger partial charge is 0.224 e. The van der Waals surface area contributed by atoms with Gasteiger partial charge in [-0.2, -0.15) is 0 Å². The predicted molar refractivity (Wildman–Crippen MR) is 66.5 cm³/mol. The highest BCUT2D eigenvalue weighted by atomic mass is 16.2. The van der Waals surface area contributed by atoms with Gasteiger partial charge in [0, 0.05) is 18.7 Å². The van der Waals surface area contributed by atoms with Gasteiger partial charge < -0.3 is 4.90 Å². The molecule has 0 aromatic heterocycles. The number of nitrogens with zero attached hydrogens (tertiary/aromatic N) is 1. The Bertz CT molecular complexity index is 397. The Labute approximate surface area is 97.3 Å². The second-order valence-electron chi connectivity index (χ2n) is 5.01. The number of carbonyl (C=O) groups is 1. The number of rotatable bonds is 2. The van der Waals surface area contributed by atoms with Crippen LogP contribution in [0.15, 0.2) is 24.3 Å². The van der Waals surface area contributed by atoms with Crippen molar-refractivity contribution in [3.05, 3.63) is 29.8 Å². The molecule has 1 amide bonds. The van der Waals surface area contributed by atoms with Crippen LogP contribution in [0.2, 0.25) is 0 Å². The fourth-order valence-electron chi connectivity index (χ4n) is 2.62. The minimum atomic E-state index is 0.163. The third kappa shape index (κ3) is 1.97. The van der Waals surface area contributed by atoms with Crippen LogP contribution in [0.1, 0.15) is 32.8 Å². The Morgan fingerprint density at radius 2 is 2.12 bits per heavy atom. The quantitative estimate of drug-likeness (QED) is 0.745. The van der Waals surface area contributed by atoms with Gasteiger partial charge in [-0.05, 0) is 30.4 Å². The van der Waals surface area contributed by atoms with Crippen LogP contribution in [-0.2, 0) is 11.2 Å². The zero-order valence-electron chi connectivity index (χ0n) is 10.2. The third-order valence-corrected chi connectivity index (χ3v) is 3.15. The van der Waals surface area contributed by atoms with E-state index >= 15 is 0 Å². The van der Waals surface area contributed by atoms with Crippen molar-refractivity contribution in [3.63, 3.8) is 0 Å². The average molecular weight is 217 g/mol. The topological polar surface area (TPSA) is 20.3 Å². The molecule has 0 saturated heterocycles. The first kappa shape index (κ1) is 11.2. The van der Waals surface area contributed by atoms with Gasteiger partial charge in [-0.15, -0.1) is 0 Å². The van der Waals surface area contributed by atoms with E-state index in [4.69, 9.17) is 0 Å². The van der Waals surface area contributed by atoms with Crippen molar-refractivity contribution < 1.29 is 4.79 Å². The predicted octanol–water partition coefficient (Wildman–Crippen LogP) is 3.01. The van der Waals surface area contributed by atoms with Gasteiger partial charge in [0.15, 0.2) is 0 Å². The number of anilines is 1. The minimum Gasteiger partial charge on any atom is -0.309 e. The van der Waals surface area contributed by atoms with Crippen molar-refractivity contribution in [3.8, 4) is 0 Å². The first-order chi connectivity index (χ1) is 7.59. The summed E-state index contributed by atoms with van der Waals surface area (Å²) in [4.78, 5) is 13.7. The van der Waals surface area contributed by atoms with Crippen LogP contribution < -0.4 is 4.90 Å². The molecule has 2 nitrogen and oxygen atoms in total. The van der Waals surface area contributed by atoms with E-state index in [9.17, 15) is 4.79 Å². The standard InChI is InChI=1S/C14H19NO/c1-10(2)8-13-9-12-6-4-5-7-14(12)15(13)11(3)16/h4-7,10,13H,8-9H2,1-3H3/t13-/m1/s1. The summed E-state index contributed by atoms with van der Waals surface area (Å²) in [6, 6.07) is 8.60. The first-order valence-electron chi connectivity index (χ1n) is 5.97. The van der Waals surface area contributed by atoms with Crippen LogP contribution in [0, 0.1) is 5.92 Å². The molecule has 0 unspecified atom stereocenters. The molecule has 0 bridgehead atoms. The highest BCUT2D eigenvalue weighted by molar-refractivity contribution is 5.94. The largest absolute Gasteiger partial charge is 0.309 e. The van der Waals surface area contributed by atoms with Gasteiger partial charge in [0.05, 0.1) is 0 Å². The maximum absolute atomic E-state index is 11.7. The van der Waals surface area contributed by atoms with Crippen molar-refractivity contribution in [1.29, 1.82) is 0 Å². The Hall–Kier alpha value is -1.31. The molecule has 0 N–H and O–H groups in total. The molecule has 86 valence electrons. The van der Waals surface area contributed by atoms with E-state index in [-0.39, 0.29) is 5.91 Å². The van der Waals surface area contributed by atoms with E-state index in [0.717, 1.165) is 18.5 Å². The van der Waals surface area contributed by atoms with Crippen molar-refractivity contribution in [2.75, 3.05) is 4.90 Å². The molecule has 0 fully saturated rings. The minimum absolute atomic E-state index is 0.163. The molecule has 1 aromatic rings. The maximum atomic E-state index is 11.7. The number of hydrogen-bond acceptors (Lipinski definition) is 1. The lowest BCUT2D eigenvalue weighted by Gasteiger charge is -2.25. The number of benzene rings is 1. The molecule has 0 spiro atoms. The van der Waals surface area contributed by atoms with Crippen LogP contribution in [0.25, 0.3) is 0 Å². The molecule has 1 heterocycles. The van der Waals surface area contributed by atoms with E-state index in [2.05, 4.69) is 32.0 Å². The van der Waals surface area contributed by atoms with Crippen molar-refractivity contribution in [2.45, 2.75) is 39.7 Å². The SMILES string of the molecule is CC(=O)N1c2ccccc2C[C@H]1CC(C)C. The zero-order chi connectivity index (χ0) is 11.7. The highest BCUT2D eigenvalue weighted by Crippen LogP contribution is 2.34. The summed E-state index contributed by atoms with van der Waals surface area (Å²) >= 11 is 0. The molecule has 1 aliphatic heterocycles. The molecular formula is C14H19NO. The van der Waals surface area contributed by atoms with E-state index in [1.54, 1.807) is 6.92 Å². The summed E-state index contributed by atoms with van der Waals surface area (Å²) in [6.07, 6.45) is 2.09. The van der Waals surface area contributed by atoms with Gasteiger partial charge in [0.1, 0.15) is 0 Å². The van der Waals surface area contributed by atoms with E-state index < -0.39 is 0 Å². The number of fused-ring (bicyclic) bond motifs is 1. The Kier molecular flexibility index (Phi) is 2.99. The molecule has 2 rings (SSSR count). The Morgan fingerprint density at radius 1 is 1.44 bits per heavy atom. The molecule has 0 aliphatic carbocycles. The van der Waals surface area contributed by atoms with Gasteiger partial charge in [-0.1, -0.05) is 32.0 Å². The lowest BCUT2D eigenvalue weighted by atomic mass is 10.0. The monoisotopic (exact) mass is 217 g/mol. The summed E-state index contributed by atoms with van der Waals surface area (Å²) in [5.74, 6) is 0.789. The summed E-state index contributed by atoms with van der Waals surface area (Å²) in [5, 5.41) is 0. The van der Waals surface area contributed by atoms with Crippen molar-refractivity contribution >= 4 is 11.6 Å². The second-order valence-corrected chi connectivity index (χ2v) is 5.01. The number of para-hydroxylation sites is 1. The normalized spacial score (nSPS) is 19.0. The number of hydrogen-bond donors (Lipinski definition) is 0. The van der Waals surface area contributed by atoms with Crippen LogP contribution in [0.5, 0.6) is 0 Å². The average Bonchev–Trinajstić information content (AvgIpc) is 2.53. The van der Waals surface area contributed by atoms with Crippen LogP contribution >= 0.6 is 0 Å². The number of carbonyl (C=O) groups excluding carboxylic acids is 1. The molecule has 1 atom stereocenters. The fourth-order valence-corrected chi connectivity index (χ4v) is 2.62. The molecule has 16 heavy (non-hydrogen) atoms. The van der Waals surface area contributed by atoms with Gasteiger partial charge in [-0.25, -0.2) is 0 Å². The summed E-state index contributed by atoms with van der Waals surface area (Å²) in [5.41, 5.74) is 2.42. The summed E-state index contributed by atoms with van der Waals surface area (Å²) in [7, 11) is 0. The van der Waals surface area contributed by atoms with Gasteiger partial charge in [0.25, 0.3) is 0 Å². The molecule has 1 aliphatic rings. The van der Waals surface area contributed by atoms with Crippen molar-refractivity contribution in [1.82, 2.24) is 0 Å². The summed E-state index contributed by atoms with van der Waals surface area (Å²) < 4.78 is 0. The molecule has 0 radical (unpaired) electrons. The van der Waals surface area contributed by atoms with E-state index in [1.165, 1.54) is 5.56 Å². The van der Waals surface area contributed by atoms with E-state index in [1.807, 2.05) is 11.0 Å². The van der Waals surface area contributed by atoms with Crippen LogP contribution in [-0.4, -0.2) is 11.9 Å². The molecule has 0 saturated carbocycles. The molecule has 1 aromatic carbocycles. The van der Waals surface area contributed by atoms with Gasteiger partial charge >= 0.3 is 0 Å². The zero-order valence-corrected chi connectivity index (χ0v) is 10.2. The van der Waals surface area contributed by atoms with Crippen molar-refractivity contribution in [2.24, 2.45) is 5.92 Å². The Balaban J connectivity index is 2.30. The first-order valence-corrected chi connectivity index (χ1v) is 5.97. The van der Waals surface area contributed by atoms with Crippen LogP contribution in [0.3, 0.4) is 0 Å². The lowest BCUT2D eigenvalue weighted by molar-refractivity contribution is -0.116. The van der Waals surface area contributed by atoms with Gasteiger partial charge in [-0.3, -0.25) is 4.79 Å². The number of amides is 1. The van der Waals surface area contributed by atoms with Gasteiger partial charge in [0.2, 0.25) is 5.91 Å². The summed E-state index contributed by atoms with van der Waals surface area (Å²) in [6.45, 7) is 6.08. The molecular weight excluding hydrogens is 198 g/mol. The maximum Gasteiger partial charge on any atom is 0.224 e. The second kappa shape index (κ2) is 4.28. The molecule has 2 heteroatoms. The lowest BCUT2D eigenvalue weighted by Crippen LogP contribution is -2.36.